The summed E-state index contributed by atoms with van der Waals surface area (Å²) in [6, 6.07) is 12.6. The SMILES string of the molecule is COc1cc(OC)cc(OCC(=O)N(Cc2ccccc2C)[C@@H](C)C(=O)NC2CCCC2)c1. The lowest BCUT2D eigenvalue weighted by atomic mass is 10.1. The third kappa shape index (κ3) is 6.63. The highest BCUT2D eigenvalue weighted by molar-refractivity contribution is 5.88. The molecule has 0 unspecified atom stereocenters. The number of hydrogen-bond donors (Lipinski definition) is 1. The number of nitrogens with zero attached hydrogens (tertiary/aromatic N) is 1. The van der Waals surface area contributed by atoms with Crippen molar-refractivity contribution in [2.45, 2.75) is 58.2 Å². The lowest BCUT2D eigenvalue weighted by Gasteiger charge is -2.30. The summed E-state index contributed by atoms with van der Waals surface area (Å²) >= 11 is 0. The highest BCUT2D eigenvalue weighted by Gasteiger charge is 2.29. The number of rotatable bonds is 10. The van der Waals surface area contributed by atoms with Crippen molar-refractivity contribution in [3.8, 4) is 17.2 Å². The zero-order valence-electron chi connectivity index (χ0n) is 19.9. The van der Waals surface area contributed by atoms with Gasteiger partial charge in [0.15, 0.2) is 6.61 Å². The standard InChI is InChI=1S/C26H34N2O5/c1-18-9-5-6-10-20(18)16-28(19(2)26(30)27-21-11-7-8-12-21)25(29)17-33-24-14-22(31-3)13-23(15-24)32-4/h5-6,9-10,13-15,19,21H,7-8,11-12,16-17H2,1-4H3,(H,27,30)/t19-/m0/s1. The van der Waals surface area contributed by atoms with Crippen molar-refractivity contribution < 1.29 is 23.8 Å². The molecular weight excluding hydrogens is 420 g/mol. The molecule has 2 aromatic carbocycles. The van der Waals surface area contributed by atoms with E-state index in [2.05, 4.69) is 5.32 Å². The van der Waals surface area contributed by atoms with E-state index >= 15 is 0 Å². The molecule has 1 aliphatic rings. The van der Waals surface area contributed by atoms with Gasteiger partial charge in [0.05, 0.1) is 14.2 Å². The van der Waals surface area contributed by atoms with E-state index in [0.29, 0.717) is 23.8 Å². The van der Waals surface area contributed by atoms with Crippen molar-refractivity contribution >= 4 is 11.8 Å². The minimum absolute atomic E-state index is 0.133. The molecule has 0 spiro atoms. The van der Waals surface area contributed by atoms with Crippen molar-refractivity contribution in [1.82, 2.24) is 10.2 Å². The Hall–Kier alpha value is -3.22. The van der Waals surface area contributed by atoms with E-state index in [1.54, 1.807) is 44.2 Å². The fraction of sp³-hybridized carbons (Fsp3) is 0.462. The molecule has 178 valence electrons. The summed E-state index contributed by atoms with van der Waals surface area (Å²) in [7, 11) is 3.11. The number of benzene rings is 2. The Bertz CT molecular complexity index is 933. The van der Waals surface area contributed by atoms with Crippen LogP contribution in [-0.4, -0.2) is 49.6 Å². The minimum atomic E-state index is -0.624. The van der Waals surface area contributed by atoms with Gasteiger partial charge >= 0.3 is 0 Å². The minimum Gasteiger partial charge on any atom is -0.496 e. The van der Waals surface area contributed by atoms with Crippen molar-refractivity contribution in [3.63, 3.8) is 0 Å². The Morgan fingerprint density at radius 2 is 1.64 bits per heavy atom. The summed E-state index contributed by atoms with van der Waals surface area (Å²) in [6.45, 7) is 3.90. The molecule has 1 fully saturated rings. The first-order valence-corrected chi connectivity index (χ1v) is 11.4. The number of carbonyl (C=O) groups excluding carboxylic acids is 2. The van der Waals surface area contributed by atoms with E-state index in [1.807, 2.05) is 31.2 Å². The monoisotopic (exact) mass is 454 g/mol. The van der Waals surface area contributed by atoms with Crippen molar-refractivity contribution in [3.05, 3.63) is 53.6 Å². The second-order valence-electron chi connectivity index (χ2n) is 8.45. The van der Waals surface area contributed by atoms with Gasteiger partial charge in [0.25, 0.3) is 5.91 Å². The highest BCUT2D eigenvalue weighted by Crippen LogP contribution is 2.27. The lowest BCUT2D eigenvalue weighted by Crippen LogP contribution is -2.50. The molecule has 1 aliphatic carbocycles. The quantitative estimate of drug-likeness (QED) is 0.590. The summed E-state index contributed by atoms with van der Waals surface area (Å²) < 4.78 is 16.3. The second-order valence-corrected chi connectivity index (χ2v) is 8.45. The zero-order chi connectivity index (χ0) is 23.8. The molecule has 1 atom stereocenters. The number of amides is 2. The number of hydrogen-bond acceptors (Lipinski definition) is 5. The largest absolute Gasteiger partial charge is 0.496 e. The molecule has 7 nitrogen and oxygen atoms in total. The molecule has 3 rings (SSSR count). The van der Waals surface area contributed by atoms with Gasteiger partial charge in [0.1, 0.15) is 23.3 Å². The summed E-state index contributed by atoms with van der Waals surface area (Å²) in [5.74, 6) is 1.19. The number of aryl methyl sites for hydroxylation is 1. The Kier molecular flexibility index (Phi) is 8.58. The fourth-order valence-corrected chi connectivity index (χ4v) is 4.04. The zero-order valence-corrected chi connectivity index (χ0v) is 19.9. The van der Waals surface area contributed by atoms with Gasteiger partial charge in [-0.1, -0.05) is 37.1 Å². The Morgan fingerprint density at radius 3 is 2.24 bits per heavy atom. The van der Waals surface area contributed by atoms with Crippen LogP contribution in [0.2, 0.25) is 0 Å². The fourth-order valence-electron chi connectivity index (χ4n) is 4.04. The predicted molar refractivity (Wildman–Crippen MR) is 127 cm³/mol. The van der Waals surface area contributed by atoms with Crippen LogP contribution in [0.1, 0.15) is 43.7 Å². The average molecular weight is 455 g/mol. The lowest BCUT2D eigenvalue weighted by molar-refractivity contribution is -0.142. The Labute approximate surface area is 196 Å². The van der Waals surface area contributed by atoms with Gasteiger partial charge in [0, 0.05) is 30.8 Å². The van der Waals surface area contributed by atoms with Crippen LogP contribution in [0, 0.1) is 6.92 Å². The molecule has 33 heavy (non-hydrogen) atoms. The molecule has 0 heterocycles. The molecule has 0 aliphatic heterocycles. The third-order valence-corrected chi connectivity index (χ3v) is 6.16. The van der Waals surface area contributed by atoms with E-state index in [4.69, 9.17) is 14.2 Å². The first-order valence-electron chi connectivity index (χ1n) is 11.4. The van der Waals surface area contributed by atoms with Gasteiger partial charge in [-0.3, -0.25) is 9.59 Å². The summed E-state index contributed by atoms with van der Waals surface area (Å²) in [6.07, 6.45) is 4.24. The molecular formula is C26H34N2O5. The number of carbonyl (C=O) groups is 2. The van der Waals surface area contributed by atoms with Crippen LogP contribution >= 0.6 is 0 Å². The van der Waals surface area contributed by atoms with Gasteiger partial charge in [-0.05, 0) is 37.8 Å². The average Bonchev–Trinajstić information content (AvgIpc) is 3.34. The van der Waals surface area contributed by atoms with Gasteiger partial charge in [-0.2, -0.15) is 0 Å². The highest BCUT2D eigenvalue weighted by atomic mass is 16.5. The first-order chi connectivity index (χ1) is 15.9. The summed E-state index contributed by atoms with van der Waals surface area (Å²) in [5.41, 5.74) is 2.06. The topological polar surface area (TPSA) is 77.1 Å². The molecule has 1 saturated carbocycles. The maximum atomic E-state index is 13.3. The van der Waals surface area contributed by atoms with Crippen LogP contribution in [0.15, 0.2) is 42.5 Å². The van der Waals surface area contributed by atoms with E-state index < -0.39 is 6.04 Å². The van der Waals surface area contributed by atoms with Gasteiger partial charge in [0.2, 0.25) is 5.91 Å². The predicted octanol–water partition coefficient (Wildman–Crippen LogP) is 3.87. The molecule has 0 bridgehead atoms. The van der Waals surface area contributed by atoms with Crippen LogP contribution < -0.4 is 19.5 Å². The second kappa shape index (κ2) is 11.6. The van der Waals surface area contributed by atoms with Crippen LogP contribution in [0.25, 0.3) is 0 Å². The third-order valence-electron chi connectivity index (χ3n) is 6.16. The Balaban J connectivity index is 1.75. The van der Waals surface area contributed by atoms with Crippen LogP contribution in [0.3, 0.4) is 0 Å². The molecule has 2 aromatic rings. The van der Waals surface area contributed by atoms with Crippen LogP contribution in [0.4, 0.5) is 0 Å². The molecule has 1 N–H and O–H groups in total. The van der Waals surface area contributed by atoms with Crippen molar-refractivity contribution in [2.75, 3.05) is 20.8 Å². The molecule has 2 amide bonds. The van der Waals surface area contributed by atoms with E-state index in [9.17, 15) is 9.59 Å². The van der Waals surface area contributed by atoms with Crippen molar-refractivity contribution in [1.29, 1.82) is 0 Å². The normalized spacial score (nSPS) is 14.4. The Morgan fingerprint density at radius 1 is 1.03 bits per heavy atom. The smallest absolute Gasteiger partial charge is 0.261 e. The number of methoxy groups -OCH3 is 2. The maximum absolute atomic E-state index is 13.3. The maximum Gasteiger partial charge on any atom is 0.261 e. The van der Waals surface area contributed by atoms with Gasteiger partial charge < -0.3 is 24.4 Å². The summed E-state index contributed by atoms with van der Waals surface area (Å²) in [4.78, 5) is 27.9. The molecule has 7 heteroatoms. The molecule has 0 saturated heterocycles. The van der Waals surface area contributed by atoms with Crippen LogP contribution in [0.5, 0.6) is 17.2 Å². The first kappa shape index (κ1) is 24.4. The number of ether oxygens (including phenoxy) is 3. The van der Waals surface area contributed by atoms with E-state index in [0.717, 1.165) is 36.8 Å². The summed E-state index contributed by atoms with van der Waals surface area (Å²) in [5, 5.41) is 3.11. The molecule has 0 aromatic heterocycles. The van der Waals surface area contributed by atoms with E-state index in [-0.39, 0.29) is 24.5 Å². The molecule has 0 radical (unpaired) electrons. The van der Waals surface area contributed by atoms with Gasteiger partial charge in [-0.15, -0.1) is 0 Å². The number of nitrogens with one attached hydrogen (secondary N) is 1. The van der Waals surface area contributed by atoms with Crippen molar-refractivity contribution in [2.24, 2.45) is 0 Å². The van der Waals surface area contributed by atoms with Gasteiger partial charge in [-0.25, -0.2) is 0 Å². The van der Waals surface area contributed by atoms with E-state index in [1.165, 1.54) is 0 Å². The van der Waals surface area contributed by atoms with Crippen LogP contribution in [-0.2, 0) is 16.1 Å².